The van der Waals surface area contributed by atoms with Gasteiger partial charge in [-0.15, -0.1) is 11.3 Å². The number of thiocarbonyl (C=S) groups is 1. The standard InChI is InChI=1S/C21H13F2N3O2S3/c1-12(27)25(17-5-3-2-4-16(17)23)20-24-14(11-30-20)10-18-19(28)26(21(29)31-18)15-8-6-13(22)7-9-15/h2-11H,1H3/b18-10-. The number of nitrogens with zero attached hydrogens (tertiary/aromatic N) is 3. The fourth-order valence-electron chi connectivity index (χ4n) is 2.90. The molecular formula is C21H13F2N3O2S3. The zero-order valence-electron chi connectivity index (χ0n) is 15.9. The molecule has 0 N–H and O–H groups in total. The van der Waals surface area contributed by atoms with Gasteiger partial charge in [0.25, 0.3) is 5.91 Å². The van der Waals surface area contributed by atoms with Crippen LogP contribution in [-0.2, 0) is 9.59 Å². The molecule has 1 saturated heterocycles. The molecule has 0 saturated carbocycles. The fourth-order valence-corrected chi connectivity index (χ4v) is 5.02. The summed E-state index contributed by atoms with van der Waals surface area (Å²) in [6.45, 7) is 1.32. The lowest BCUT2D eigenvalue weighted by molar-refractivity contribution is -0.116. The predicted octanol–water partition coefficient (Wildman–Crippen LogP) is 5.51. The molecule has 5 nitrogen and oxygen atoms in total. The molecule has 0 atom stereocenters. The van der Waals surface area contributed by atoms with E-state index >= 15 is 0 Å². The van der Waals surface area contributed by atoms with E-state index in [0.717, 1.165) is 23.1 Å². The highest BCUT2D eigenvalue weighted by atomic mass is 32.2. The number of thioether (sulfide) groups is 1. The molecule has 0 aliphatic carbocycles. The van der Waals surface area contributed by atoms with Gasteiger partial charge in [-0.2, -0.15) is 0 Å². The number of halogens is 2. The van der Waals surface area contributed by atoms with Gasteiger partial charge >= 0.3 is 0 Å². The molecule has 2 aromatic carbocycles. The molecule has 0 unspecified atom stereocenters. The van der Waals surface area contributed by atoms with Crippen LogP contribution < -0.4 is 9.80 Å². The molecule has 10 heteroatoms. The van der Waals surface area contributed by atoms with Crippen molar-refractivity contribution in [3.63, 3.8) is 0 Å². The van der Waals surface area contributed by atoms with Crippen molar-refractivity contribution < 1.29 is 18.4 Å². The molecule has 31 heavy (non-hydrogen) atoms. The van der Waals surface area contributed by atoms with Crippen LogP contribution in [-0.4, -0.2) is 21.1 Å². The summed E-state index contributed by atoms with van der Waals surface area (Å²) in [7, 11) is 0. The molecule has 1 aliphatic heterocycles. The van der Waals surface area contributed by atoms with Crippen molar-refractivity contribution in [1.29, 1.82) is 0 Å². The zero-order valence-corrected chi connectivity index (χ0v) is 18.4. The highest BCUT2D eigenvalue weighted by Gasteiger charge is 2.33. The molecule has 2 amide bonds. The number of thiazole rings is 1. The normalized spacial score (nSPS) is 15.1. The number of rotatable bonds is 4. The van der Waals surface area contributed by atoms with E-state index in [1.807, 2.05) is 0 Å². The summed E-state index contributed by atoms with van der Waals surface area (Å²) < 4.78 is 27.7. The van der Waals surface area contributed by atoms with Crippen LogP contribution in [0.25, 0.3) is 6.08 Å². The van der Waals surface area contributed by atoms with Crippen LogP contribution in [0.1, 0.15) is 12.6 Å². The molecule has 2 heterocycles. The SMILES string of the molecule is CC(=O)N(c1nc(/C=C2\SC(=S)N(c3ccc(F)cc3)C2=O)cs1)c1ccccc1F. The lowest BCUT2D eigenvalue weighted by Gasteiger charge is -2.18. The Hall–Kier alpha value is -2.95. The van der Waals surface area contributed by atoms with Crippen molar-refractivity contribution in [3.05, 3.63) is 76.1 Å². The van der Waals surface area contributed by atoms with Gasteiger partial charge < -0.3 is 0 Å². The van der Waals surface area contributed by atoms with Gasteiger partial charge in [0.2, 0.25) is 5.91 Å². The Morgan fingerprint density at radius 3 is 2.55 bits per heavy atom. The topological polar surface area (TPSA) is 53.5 Å². The van der Waals surface area contributed by atoms with E-state index in [1.54, 1.807) is 17.5 Å². The van der Waals surface area contributed by atoms with Crippen LogP contribution in [0.2, 0.25) is 0 Å². The van der Waals surface area contributed by atoms with Gasteiger partial charge in [0.15, 0.2) is 9.45 Å². The lowest BCUT2D eigenvalue weighted by Crippen LogP contribution is -2.27. The summed E-state index contributed by atoms with van der Waals surface area (Å²) in [5.41, 5.74) is 0.995. The second-order valence-electron chi connectivity index (χ2n) is 6.35. The molecule has 156 valence electrons. The maximum Gasteiger partial charge on any atom is 0.270 e. The molecule has 0 bridgehead atoms. The van der Waals surface area contributed by atoms with E-state index < -0.39 is 17.5 Å². The summed E-state index contributed by atoms with van der Waals surface area (Å²) in [5, 5.41) is 1.94. The fraction of sp³-hybridized carbons (Fsp3) is 0.0476. The number of anilines is 3. The number of hydrogen-bond donors (Lipinski definition) is 0. The van der Waals surface area contributed by atoms with Gasteiger partial charge in [0.1, 0.15) is 11.6 Å². The zero-order chi connectivity index (χ0) is 22.1. The Labute approximate surface area is 190 Å². The summed E-state index contributed by atoms with van der Waals surface area (Å²) in [6, 6.07) is 11.4. The molecular weight excluding hydrogens is 460 g/mol. The third-order valence-electron chi connectivity index (χ3n) is 4.27. The quantitative estimate of drug-likeness (QED) is 0.369. The average Bonchev–Trinajstić information content (AvgIpc) is 3.29. The third-order valence-corrected chi connectivity index (χ3v) is 6.41. The summed E-state index contributed by atoms with van der Waals surface area (Å²) in [5.74, 6) is -1.71. The first-order chi connectivity index (χ1) is 14.8. The van der Waals surface area contributed by atoms with Crippen molar-refractivity contribution in [2.24, 2.45) is 0 Å². The monoisotopic (exact) mass is 473 g/mol. The van der Waals surface area contributed by atoms with Gasteiger partial charge in [0, 0.05) is 12.3 Å². The number of amides is 2. The predicted molar refractivity (Wildman–Crippen MR) is 123 cm³/mol. The van der Waals surface area contributed by atoms with Crippen molar-refractivity contribution in [2.75, 3.05) is 9.80 Å². The Bertz CT molecular complexity index is 1220. The smallest absolute Gasteiger partial charge is 0.270 e. The summed E-state index contributed by atoms with van der Waals surface area (Å²) in [6.07, 6.45) is 1.56. The summed E-state index contributed by atoms with van der Waals surface area (Å²) >= 11 is 7.55. The van der Waals surface area contributed by atoms with E-state index in [9.17, 15) is 18.4 Å². The highest BCUT2D eigenvalue weighted by Crippen LogP contribution is 2.37. The molecule has 0 spiro atoms. The number of aromatic nitrogens is 1. The number of hydrogen-bond acceptors (Lipinski definition) is 6. The van der Waals surface area contributed by atoms with Crippen LogP contribution in [0.5, 0.6) is 0 Å². The van der Waals surface area contributed by atoms with Crippen molar-refractivity contribution in [3.8, 4) is 0 Å². The van der Waals surface area contributed by atoms with Gasteiger partial charge in [0.05, 0.1) is 22.0 Å². The Kier molecular flexibility index (Phi) is 5.94. The minimum atomic E-state index is -0.547. The summed E-state index contributed by atoms with van der Waals surface area (Å²) in [4.78, 5) is 32.2. The second-order valence-corrected chi connectivity index (χ2v) is 8.87. The van der Waals surface area contributed by atoms with Crippen molar-refractivity contribution in [1.82, 2.24) is 4.98 Å². The van der Waals surface area contributed by atoms with Crippen LogP contribution in [0, 0.1) is 11.6 Å². The molecule has 0 radical (unpaired) electrons. The molecule has 1 aromatic heterocycles. The minimum absolute atomic E-state index is 0.0959. The van der Waals surface area contributed by atoms with E-state index in [4.69, 9.17) is 12.2 Å². The molecule has 4 rings (SSSR count). The Balaban J connectivity index is 1.63. The van der Waals surface area contributed by atoms with Gasteiger partial charge in [-0.1, -0.05) is 36.1 Å². The van der Waals surface area contributed by atoms with Crippen molar-refractivity contribution >= 4 is 74.0 Å². The Morgan fingerprint density at radius 2 is 1.87 bits per heavy atom. The average molecular weight is 474 g/mol. The second kappa shape index (κ2) is 8.66. The molecule has 3 aromatic rings. The van der Waals surface area contributed by atoms with Crippen LogP contribution >= 0.6 is 35.3 Å². The van der Waals surface area contributed by atoms with Gasteiger partial charge in [-0.3, -0.25) is 19.4 Å². The highest BCUT2D eigenvalue weighted by molar-refractivity contribution is 8.27. The Morgan fingerprint density at radius 1 is 1.16 bits per heavy atom. The van der Waals surface area contributed by atoms with E-state index in [1.165, 1.54) is 59.2 Å². The number of carbonyl (C=O) groups is 2. The van der Waals surface area contributed by atoms with E-state index in [0.29, 0.717) is 20.6 Å². The maximum atomic E-state index is 14.2. The van der Waals surface area contributed by atoms with E-state index in [2.05, 4.69) is 4.98 Å². The number of carbonyl (C=O) groups excluding carboxylic acids is 2. The first-order valence-electron chi connectivity index (χ1n) is 8.89. The molecule has 1 aliphatic rings. The van der Waals surface area contributed by atoms with Gasteiger partial charge in [-0.05, 0) is 42.5 Å². The molecule has 1 fully saturated rings. The first-order valence-corrected chi connectivity index (χ1v) is 11.0. The first kappa shape index (κ1) is 21.3. The minimum Gasteiger partial charge on any atom is -0.274 e. The van der Waals surface area contributed by atoms with E-state index in [-0.39, 0.29) is 16.7 Å². The number of para-hydroxylation sites is 1. The van der Waals surface area contributed by atoms with Crippen molar-refractivity contribution in [2.45, 2.75) is 6.92 Å². The van der Waals surface area contributed by atoms with Gasteiger partial charge in [-0.25, -0.2) is 13.8 Å². The van der Waals surface area contributed by atoms with Crippen LogP contribution in [0.4, 0.5) is 25.3 Å². The lowest BCUT2D eigenvalue weighted by atomic mass is 10.2. The van der Waals surface area contributed by atoms with Crippen LogP contribution in [0.15, 0.2) is 58.8 Å². The third kappa shape index (κ3) is 4.27. The number of benzene rings is 2. The maximum absolute atomic E-state index is 14.2. The van der Waals surface area contributed by atoms with Crippen LogP contribution in [0.3, 0.4) is 0 Å². The largest absolute Gasteiger partial charge is 0.274 e.